The van der Waals surface area contributed by atoms with E-state index in [0.717, 1.165) is 33.7 Å². The molecule has 174 valence electrons. The van der Waals surface area contributed by atoms with Crippen molar-refractivity contribution >= 4 is 11.9 Å². The molecule has 1 amide bonds. The van der Waals surface area contributed by atoms with Gasteiger partial charge < -0.3 is 15.2 Å². The summed E-state index contributed by atoms with van der Waals surface area (Å²) in [6.07, 6.45) is -0.382. The number of carbonyl (C=O) groups excluding carboxylic acids is 1. The molecule has 0 aliphatic rings. The number of anilines is 1. The first kappa shape index (κ1) is 22.9. The predicted octanol–water partition coefficient (Wildman–Crippen LogP) is 5.02. The van der Waals surface area contributed by atoms with Crippen LogP contribution in [-0.4, -0.2) is 27.9 Å². The number of carbonyl (C=O) groups is 1. The summed E-state index contributed by atoms with van der Waals surface area (Å²) in [6.45, 7) is 1.00. The van der Waals surface area contributed by atoms with Crippen molar-refractivity contribution in [2.24, 2.45) is 7.05 Å². The first-order valence-electron chi connectivity index (χ1n) is 11.0. The Morgan fingerprint density at radius 1 is 0.912 bits per heavy atom. The van der Waals surface area contributed by atoms with Crippen LogP contribution >= 0.6 is 0 Å². The molecule has 1 aromatic heterocycles. The number of nitrogens with two attached hydrogens (primary N) is 1. The quantitative estimate of drug-likeness (QED) is 0.403. The fraction of sp³-hybridized carbons (Fsp3) is 0.185. The molecule has 0 spiro atoms. The molecule has 0 aliphatic carbocycles. The highest BCUT2D eigenvalue weighted by molar-refractivity contribution is 5.68. The number of ether oxygens (including phenoxy) is 2. The van der Waals surface area contributed by atoms with Gasteiger partial charge in [-0.1, -0.05) is 60.7 Å². The first-order chi connectivity index (χ1) is 16.5. The van der Waals surface area contributed by atoms with Crippen LogP contribution in [0.1, 0.15) is 16.7 Å². The van der Waals surface area contributed by atoms with Gasteiger partial charge in [-0.05, 0) is 34.9 Å². The summed E-state index contributed by atoms with van der Waals surface area (Å²) in [4.78, 5) is 14.8. The molecule has 7 nitrogen and oxygen atoms in total. The van der Waals surface area contributed by atoms with Gasteiger partial charge in [0, 0.05) is 31.8 Å². The van der Waals surface area contributed by atoms with Crippen LogP contribution in [0.5, 0.6) is 5.75 Å². The second-order valence-electron chi connectivity index (χ2n) is 8.02. The van der Waals surface area contributed by atoms with Gasteiger partial charge in [-0.25, -0.2) is 4.79 Å². The zero-order valence-electron chi connectivity index (χ0n) is 19.3. The van der Waals surface area contributed by atoms with Gasteiger partial charge >= 0.3 is 6.09 Å². The fourth-order valence-electron chi connectivity index (χ4n) is 3.62. The van der Waals surface area contributed by atoms with Gasteiger partial charge in [-0.3, -0.25) is 9.58 Å². The van der Waals surface area contributed by atoms with Crippen molar-refractivity contribution in [3.05, 3.63) is 102 Å². The molecule has 0 saturated heterocycles. The van der Waals surface area contributed by atoms with Crippen LogP contribution in [0.15, 0.2) is 84.9 Å². The SMILES string of the molecule is COc1ccc(CN(Cc2cccc(-c3cc(N)n(C)n3)c2)C(=O)OCc2ccccc2)cc1. The summed E-state index contributed by atoms with van der Waals surface area (Å²) in [5.74, 6) is 1.36. The van der Waals surface area contributed by atoms with Crippen molar-refractivity contribution in [3.63, 3.8) is 0 Å². The zero-order chi connectivity index (χ0) is 23.9. The molecule has 0 saturated carbocycles. The van der Waals surface area contributed by atoms with Crippen LogP contribution in [0.3, 0.4) is 0 Å². The number of hydrogen-bond acceptors (Lipinski definition) is 5. The van der Waals surface area contributed by atoms with E-state index in [2.05, 4.69) is 5.10 Å². The van der Waals surface area contributed by atoms with Gasteiger partial charge in [-0.15, -0.1) is 0 Å². The lowest BCUT2D eigenvalue weighted by molar-refractivity contribution is 0.0910. The third-order valence-electron chi connectivity index (χ3n) is 5.51. The minimum absolute atomic E-state index is 0.214. The Bertz CT molecular complexity index is 1220. The molecule has 1 heterocycles. The molecule has 4 rings (SSSR count). The zero-order valence-corrected chi connectivity index (χ0v) is 19.3. The Kier molecular flexibility index (Phi) is 7.13. The van der Waals surface area contributed by atoms with E-state index >= 15 is 0 Å². The second-order valence-corrected chi connectivity index (χ2v) is 8.02. The number of amides is 1. The van der Waals surface area contributed by atoms with Crippen molar-refractivity contribution in [1.29, 1.82) is 0 Å². The van der Waals surface area contributed by atoms with E-state index in [-0.39, 0.29) is 12.7 Å². The lowest BCUT2D eigenvalue weighted by Gasteiger charge is -2.23. The van der Waals surface area contributed by atoms with E-state index < -0.39 is 0 Å². The highest BCUT2D eigenvalue weighted by Gasteiger charge is 2.17. The molecule has 0 radical (unpaired) electrons. The average molecular weight is 457 g/mol. The van der Waals surface area contributed by atoms with E-state index in [4.69, 9.17) is 15.2 Å². The van der Waals surface area contributed by atoms with Crippen molar-refractivity contribution in [1.82, 2.24) is 14.7 Å². The van der Waals surface area contributed by atoms with Crippen molar-refractivity contribution < 1.29 is 14.3 Å². The van der Waals surface area contributed by atoms with Crippen molar-refractivity contribution in [2.45, 2.75) is 19.7 Å². The molecule has 2 N–H and O–H groups in total. The normalized spacial score (nSPS) is 10.6. The van der Waals surface area contributed by atoms with Crippen molar-refractivity contribution in [2.75, 3.05) is 12.8 Å². The summed E-state index contributed by atoms with van der Waals surface area (Å²) >= 11 is 0. The maximum atomic E-state index is 13.1. The molecule has 7 heteroatoms. The molecule has 34 heavy (non-hydrogen) atoms. The number of aromatic nitrogens is 2. The summed E-state index contributed by atoms with van der Waals surface area (Å²) < 4.78 is 12.5. The Morgan fingerprint density at radius 3 is 2.29 bits per heavy atom. The highest BCUT2D eigenvalue weighted by atomic mass is 16.6. The highest BCUT2D eigenvalue weighted by Crippen LogP contribution is 2.23. The van der Waals surface area contributed by atoms with E-state index in [1.807, 2.05) is 92.0 Å². The first-order valence-corrected chi connectivity index (χ1v) is 11.0. The molecule has 0 aliphatic heterocycles. The minimum atomic E-state index is -0.382. The lowest BCUT2D eigenvalue weighted by Crippen LogP contribution is -2.30. The number of methoxy groups -OCH3 is 1. The van der Waals surface area contributed by atoms with Gasteiger partial charge in [0.05, 0.1) is 12.8 Å². The maximum Gasteiger partial charge on any atom is 0.410 e. The van der Waals surface area contributed by atoms with Gasteiger partial charge in [-0.2, -0.15) is 5.10 Å². The molecular formula is C27H28N4O3. The largest absolute Gasteiger partial charge is 0.497 e. The lowest BCUT2D eigenvalue weighted by atomic mass is 10.1. The van der Waals surface area contributed by atoms with Crippen LogP contribution in [0.2, 0.25) is 0 Å². The van der Waals surface area contributed by atoms with E-state index in [9.17, 15) is 4.79 Å². The standard InChI is InChI=1S/C27H28N4O3/c1-30-26(28)16-25(29-30)23-10-6-9-22(15-23)18-31(17-20-11-13-24(33-2)14-12-20)27(32)34-19-21-7-4-3-5-8-21/h3-16H,17-19,28H2,1-2H3. The maximum absolute atomic E-state index is 13.1. The van der Waals surface area contributed by atoms with E-state index in [1.165, 1.54) is 0 Å². The van der Waals surface area contributed by atoms with E-state index in [1.54, 1.807) is 16.7 Å². The molecular weight excluding hydrogens is 428 g/mol. The molecule has 0 fully saturated rings. The molecule has 3 aromatic carbocycles. The molecule has 0 atom stereocenters. The molecule has 4 aromatic rings. The van der Waals surface area contributed by atoms with E-state index in [0.29, 0.717) is 18.9 Å². The number of aryl methyl sites for hydroxylation is 1. The van der Waals surface area contributed by atoms with Crippen molar-refractivity contribution in [3.8, 4) is 17.0 Å². The fourth-order valence-corrected chi connectivity index (χ4v) is 3.62. The number of rotatable bonds is 8. The minimum Gasteiger partial charge on any atom is -0.497 e. The summed E-state index contributed by atoms with van der Waals surface area (Å²) in [7, 11) is 3.44. The van der Waals surface area contributed by atoms with Gasteiger partial charge in [0.15, 0.2) is 0 Å². The number of benzene rings is 3. The summed E-state index contributed by atoms with van der Waals surface area (Å²) in [6, 6.07) is 27.1. The monoisotopic (exact) mass is 456 g/mol. The van der Waals surface area contributed by atoms with Gasteiger partial charge in [0.25, 0.3) is 0 Å². The second kappa shape index (κ2) is 10.6. The Hall–Kier alpha value is -4.26. The van der Waals surface area contributed by atoms with Crippen LogP contribution in [0.4, 0.5) is 10.6 Å². The van der Waals surface area contributed by atoms with Gasteiger partial charge in [0.2, 0.25) is 0 Å². The van der Waals surface area contributed by atoms with Crippen LogP contribution in [0.25, 0.3) is 11.3 Å². The average Bonchev–Trinajstić information content (AvgIpc) is 3.21. The number of nitrogen functional groups attached to an aromatic ring is 1. The third-order valence-corrected chi connectivity index (χ3v) is 5.51. The van der Waals surface area contributed by atoms with Gasteiger partial charge in [0.1, 0.15) is 18.2 Å². The summed E-state index contributed by atoms with van der Waals surface area (Å²) in [5.41, 5.74) is 10.6. The topological polar surface area (TPSA) is 82.6 Å². The van der Waals surface area contributed by atoms with Crippen LogP contribution < -0.4 is 10.5 Å². The predicted molar refractivity (Wildman–Crippen MR) is 132 cm³/mol. The Balaban J connectivity index is 1.54. The molecule has 0 unspecified atom stereocenters. The summed E-state index contributed by atoms with van der Waals surface area (Å²) in [5, 5.41) is 4.46. The van der Waals surface area contributed by atoms with Crippen LogP contribution in [0, 0.1) is 0 Å². The number of hydrogen-bond donors (Lipinski definition) is 1. The molecule has 0 bridgehead atoms. The Labute approximate surface area is 199 Å². The number of nitrogens with zero attached hydrogens (tertiary/aromatic N) is 3. The smallest absolute Gasteiger partial charge is 0.410 e. The third kappa shape index (κ3) is 5.75. The Morgan fingerprint density at radius 2 is 1.62 bits per heavy atom. The van der Waals surface area contributed by atoms with Crippen LogP contribution in [-0.2, 0) is 31.5 Å².